The van der Waals surface area contributed by atoms with Crippen molar-refractivity contribution >= 4 is 44.4 Å². The summed E-state index contributed by atoms with van der Waals surface area (Å²) in [6.07, 6.45) is 3.22. The van der Waals surface area contributed by atoms with Crippen LogP contribution in [-0.4, -0.2) is 20.8 Å². The number of sulfone groups is 2. The quantitative estimate of drug-likeness (QED) is 0.617. The van der Waals surface area contributed by atoms with E-state index in [1.54, 1.807) is 36.4 Å². The summed E-state index contributed by atoms with van der Waals surface area (Å²) in [6, 6.07) is 11.9. The summed E-state index contributed by atoms with van der Waals surface area (Å²) in [5, 5.41) is 0. The van der Waals surface area contributed by atoms with Crippen LogP contribution >= 0.6 is 20.7 Å². The molecular weight excluding hydrogens is 471 g/mol. The number of allylic oxidation sites excluding steroid dienone is 2. The normalized spacial score (nSPS) is 14.7. The Balaban J connectivity index is 1.98. The molecule has 0 bridgehead atoms. The third-order valence-corrected chi connectivity index (χ3v) is 8.81. The van der Waals surface area contributed by atoms with E-state index in [4.69, 9.17) is 0 Å². The minimum Gasteiger partial charge on any atom is -0.219 e. The van der Waals surface area contributed by atoms with Gasteiger partial charge in [0.25, 0.3) is 0 Å². The van der Waals surface area contributed by atoms with E-state index in [9.17, 15) is 16.8 Å². The van der Waals surface area contributed by atoms with Crippen molar-refractivity contribution in [2.24, 2.45) is 0 Å². The van der Waals surface area contributed by atoms with Crippen molar-refractivity contribution in [3.05, 3.63) is 75.2 Å². The van der Waals surface area contributed by atoms with Crippen LogP contribution in [-0.2, 0) is 19.7 Å². The van der Waals surface area contributed by atoms with Crippen molar-refractivity contribution in [3.8, 4) is 0 Å². The van der Waals surface area contributed by atoms with E-state index in [0.717, 1.165) is 5.56 Å². The Morgan fingerprint density at radius 3 is 1.68 bits per heavy atom. The van der Waals surface area contributed by atoms with Crippen LogP contribution in [0.3, 0.4) is 0 Å². The minimum absolute atomic E-state index is 0.0703. The van der Waals surface area contributed by atoms with Crippen molar-refractivity contribution in [3.63, 3.8) is 0 Å². The Labute approximate surface area is 157 Å². The molecule has 0 N–H and O–H groups in total. The highest BCUT2D eigenvalue weighted by molar-refractivity contribution is 14.2. The zero-order chi connectivity index (χ0) is 18.1. The average molecular weight is 486 g/mol. The van der Waals surface area contributed by atoms with E-state index in [2.05, 4.69) is 0 Å². The molecule has 4 nitrogen and oxygen atoms in total. The molecule has 0 radical (unpaired) electrons. The van der Waals surface area contributed by atoms with Gasteiger partial charge in [0.15, 0.2) is 0 Å². The van der Waals surface area contributed by atoms with Crippen molar-refractivity contribution in [2.75, 3.05) is 0 Å². The molecule has 0 saturated heterocycles. The van der Waals surface area contributed by atoms with Crippen LogP contribution in [0.15, 0.2) is 84.4 Å². The van der Waals surface area contributed by atoms with Crippen molar-refractivity contribution < 1.29 is 16.8 Å². The highest BCUT2D eigenvalue weighted by Gasteiger charge is 2.22. The molecule has 0 amide bonds. The van der Waals surface area contributed by atoms with Gasteiger partial charge in [0.05, 0.1) is 19.6 Å². The van der Waals surface area contributed by atoms with Gasteiger partial charge in [0.1, 0.15) is 0 Å². The fraction of sp³-hybridized carbons (Fsp3) is 0.0556. The molecule has 2 aromatic rings. The van der Waals surface area contributed by atoms with Gasteiger partial charge in [-0.3, -0.25) is 0 Å². The van der Waals surface area contributed by atoms with Gasteiger partial charge >= 0.3 is 0 Å². The molecule has 1 aliphatic heterocycles. The standard InChI is InChI=1S/C18H15IO4S2/c1-14-2-4-15(5-3-14)24(20,21)16-6-8-17(9-7-16)25(22,23)18-10-12-19-13-11-18/h2-13H,1H3. The van der Waals surface area contributed by atoms with E-state index in [0.29, 0.717) is 0 Å². The molecule has 0 saturated carbocycles. The highest BCUT2D eigenvalue weighted by atomic mass is 127. The van der Waals surface area contributed by atoms with Gasteiger partial charge in [-0.25, -0.2) is 16.8 Å². The molecule has 130 valence electrons. The first-order chi connectivity index (χ1) is 11.8. The van der Waals surface area contributed by atoms with Gasteiger partial charge < -0.3 is 0 Å². The first kappa shape index (κ1) is 18.2. The lowest BCUT2D eigenvalue weighted by molar-refractivity contribution is 0.594. The molecule has 0 unspecified atom stereocenters. The fourth-order valence-electron chi connectivity index (χ4n) is 2.26. The predicted molar refractivity (Wildman–Crippen MR) is 108 cm³/mol. The average Bonchev–Trinajstić information content (AvgIpc) is 2.63. The summed E-state index contributed by atoms with van der Waals surface area (Å²) in [6.45, 7) is 1.88. The highest BCUT2D eigenvalue weighted by Crippen LogP contribution is 2.26. The molecule has 0 atom stereocenters. The Morgan fingerprint density at radius 1 is 0.720 bits per heavy atom. The Bertz CT molecular complexity index is 1090. The van der Waals surface area contributed by atoms with E-state index in [1.807, 2.05) is 15.0 Å². The summed E-state index contributed by atoms with van der Waals surface area (Å²) in [5.41, 5.74) is 0.966. The molecule has 0 fully saturated rings. The van der Waals surface area contributed by atoms with Crippen LogP contribution in [0.1, 0.15) is 5.56 Å². The van der Waals surface area contributed by atoms with Crippen LogP contribution in [0.4, 0.5) is 0 Å². The van der Waals surface area contributed by atoms with Gasteiger partial charge in [0.2, 0.25) is 19.7 Å². The molecule has 1 heterocycles. The molecule has 0 aromatic heterocycles. The molecule has 0 spiro atoms. The smallest absolute Gasteiger partial charge is 0.206 e. The number of rotatable bonds is 4. The molecule has 7 heteroatoms. The summed E-state index contributed by atoms with van der Waals surface area (Å²) >= 11 is -0.206. The number of benzene rings is 2. The lowest BCUT2D eigenvalue weighted by atomic mass is 10.2. The number of halogens is 1. The second kappa shape index (κ2) is 6.97. The molecule has 25 heavy (non-hydrogen) atoms. The summed E-state index contributed by atoms with van der Waals surface area (Å²) in [4.78, 5) is 0.568. The Morgan fingerprint density at radius 2 is 1.20 bits per heavy atom. The van der Waals surface area contributed by atoms with Gasteiger partial charge in [-0.05, 0) is 63.6 Å². The second-order valence-corrected chi connectivity index (χ2v) is 11.5. The second-order valence-electron chi connectivity index (χ2n) is 5.40. The minimum atomic E-state index is -3.67. The maximum atomic E-state index is 12.6. The molecular formula is C18H15IO4S2. The fourth-order valence-corrected chi connectivity index (χ4v) is 6.70. The molecule has 2 aromatic carbocycles. The first-order valence-corrected chi connectivity index (χ1v) is 12.8. The van der Waals surface area contributed by atoms with E-state index >= 15 is 0 Å². The zero-order valence-corrected chi connectivity index (χ0v) is 17.0. The number of hydrogen-bond donors (Lipinski definition) is 0. The first-order valence-electron chi connectivity index (χ1n) is 7.31. The summed E-state index contributed by atoms with van der Waals surface area (Å²) < 4.78 is 54.2. The topological polar surface area (TPSA) is 68.3 Å². The third-order valence-electron chi connectivity index (χ3n) is 3.69. The molecule has 1 aliphatic rings. The van der Waals surface area contributed by atoms with Crippen LogP contribution < -0.4 is 0 Å². The van der Waals surface area contributed by atoms with Crippen molar-refractivity contribution in [1.82, 2.24) is 0 Å². The summed E-state index contributed by atoms with van der Waals surface area (Å²) in [7, 11) is -7.30. The molecule has 0 aliphatic carbocycles. The maximum Gasteiger partial charge on any atom is 0.206 e. The lowest BCUT2D eigenvalue weighted by Crippen LogP contribution is -2.06. The molecule has 3 rings (SSSR count). The van der Waals surface area contributed by atoms with Crippen LogP contribution in [0.25, 0.3) is 0 Å². The Kier molecular flexibility index (Phi) is 5.08. The van der Waals surface area contributed by atoms with Gasteiger partial charge in [0, 0.05) is 0 Å². The summed E-state index contributed by atoms with van der Waals surface area (Å²) in [5.74, 6) is 0. The number of hydrogen-bond acceptors (Lipinski definition) is 4. The van der Waals surface area contributed by atoms with Crippen LogP contribution in [0.2, 0.25) is 0 Å². The predicted octanol–water partition coefficient (Wildman–Crippen LogP) is 3.79. The zero-order valence-electron chi connectivity index (χ0n) is 13.3. The van der Waals surface area contributed by atoms with Gasteiger partial charge in [-0.15, -0.1) is 0 Å². The van der Waals surface area contributed by atoms with Crippen LogP contribution in [0.5, 0.6) is 0 Å². The largest absolute Gasteiger partial charge is 0.219 e. The lowest BCUT2D eigenvalue weighted by Gasteiger charge is -2.09. The van der Waals surface area contributed by atoms with E-state index in [-0.39, 0.29) is 40.3 Å². The Hall–Kier alpha value is -1.58. The number of aryl methyl sites for hydroxylation is 1. The maximum absolute atomic E-state index is 12.6. The van der Waals surface area contributed by atoms with Gasteiger partial charge in [-0.2, -0.15) is 0 Å². The van der Waals surface area contributed by atoms with E-state index in [1.165, 1.54) is 24.3 Å². The van der Waals surface area contributed by atoms with E-state index < -0.39 is 19.7 Å². The van der Waals surface area contributed by atoms with Crippen LogP contribution in [0, 0.1) is 6.92 Å². The van der Waals surface area contributed by atoms with Crippen molar-refractivity contribution in [2.45, 2.75) is 21.6 Å². The SMILES string of the molecule is Cc1ccc(S(=O)(=O)c2ccc(S(=O)(=O)C3=CC=IC=C3)cc2)cc1. The monoisotopic (exact) mass is 486 g/mol. The third kappa shape index (κ3) is 3.68. The van der Waals surface area contributed by atoms with Crippen molar-refractivity contribution in [1.29, 1.82) is 0 Å². The van der Waals surface area contributed by atoms with Gasteiger partial charge in [-0.1, -0.05) is 38.4 Å².